The van der Waals surface area contributed by atoms with Crippen molar-refractivity contribution in [3.8, 4) is 0 Å². The third-order valence-corrected chi connectivity index (χ3v) is 6.50. The first-order valence-corrected chi connectivity index (χ1v) is 9.80. The van der Waals surface area contributed by atoms with Crippen LogP contribution in [0.3, 0.4) is 0 Å². The van der Waals surface area contributed by atoms with Gasteiger partial charge in [0.1, 0.15) is 6.26 Å². The number of benzene rings is 1. The van der Waals surface area contributed by atoms with Gasteiger partial charge >= 0.3 is 0 Å². The molecule has 1 aromatic carbocycles. The first kappa shape index (κ1) is 17.1. The van der Waals surface area contributed by atoms with Gasteiger partial charge in [0, 0.05) is 38.8 Å². The molecule has 24 heavy (non-hydrogen) atoms. The quantitative estimate of drug-likeness (QED) is 0.797. The molecule has 0 amide bonds. The van der Waals surface area contributed by atoms with Crippen LogP contribution in [0, 0.1) is 0 Å². The van der Waals surface area contributed by atoms with Gasteiger partial charge in [0.25, 0.3) is 0 Å². The van der Waals surface area contributed by atoms with Crippen LogP contribution in [-0.2, 0) is 16.6 Å². The summed E-state index contributed by atoms with van der Waals surface area (Å²) < 4.78 is 31.8. The molecule has 0 radical (unpaired) electrons. The van der Waals surface area contributed by atoms with Crippen molar-refractivity contribution in [3.05, 3.63) is 53.9 Å². The highest BCUT2D eigenvalue weighted by molar-refractivity contribution is 7.89. The topological polar surface area (TPSA) is 66.7 Å². The Morgan fingerprint density at radius 3 is 2.46 bits per heavy atom. The average Bonchev–Trinajstić information content (AvgIpc) is 3.09. The van der Waals surface area contributed by atoms with Crippen LogP contribution in [0.15, 0.2) is 47.2 Å². The molecular formula is C17H23N3O3S. The second-order valence-corrected chi connectivity index (χ2v) is 8.27. The van der Waals surface area contributed by atoms with Gasteiger partial charge in [-0.05, 0) is 11.5 Å². The minimum absolute atomic E-state index is 0.00985. The van der Waals surface area contributed by atoms with Crippen molar-refractivity contribution in [2.45, 2.75) is 19.4 Å². The summed E-state index contributed by atoms with van der Waals surface area (Å²) in [4.78, 5) is 2.20. The lowest BCUT2D eigenvalue weighted by Gasteiger charge is -2.34. The minimum atomic E-state index is -3.24. The van der Waals surface area contributed by atoms with Crippen molar-refractivity contribution in [2.75, 3.05) is 31.9 Å². The lowest BCUT2D eigenvalue weighted by Crippen LogP contribution is -2.49. The maximum atomic E-state index is 12.7. The number of rotatable bonds is 6. The maximum absolute atomic E-state index is 12.7. The fraction of sp³-hybridized carbons (Fsp3) is 0.471. The van der Waals surface area contributed by atoms with Crippen molar-refractivity contribution in [1.29, 1.82) is 0 Å². The van der Waals surface area contributed by atoms with E-state index in [0.29, 0.717) is 32.7 Å². The number of hydrogen-bond donors (Lipinski definition) is 0. The lowest BCUT2D eigenvalue weighted by molar-refractivity contribution is 0.177. The predicted octanol–water partition coefficient (Wildman–Crippen LogP) is 1.93. The second-order valence-electron chi connectivity index (χ2n) is 6.26. The van der Waals surface area contributed by atoms with Gasteiger partial charge in [-0.3, -0.25) is 4.90 Å². The van der Waals surface area contributed by atoms with Gasteiger partial charge in [-0.2, -0.15) is 4.31 Å². The van der Waals surface area contributed by atoms with Crippen molar-refractivity contribution in [1.82, 2.24) is 14.4 Å². The summed E-state index contributed by atoms with van der Waals surface area (Å²) in [5, 5.41) is 3.90. The molecule has 6 nitrogen and oxygen atoms in total. The summed E-state index contributed by atoms with van der Waals surface area (Å²) in [6.07, 6.45) is 1.56. The first-order chi connectivity index (χ1) is 11.5. The van der Waals surface area contributed by atoms with E-state index < -0.39 is 10.0 Å². The zero-order valence-corrected chi connectivity index (χ0v) is 14.7. The van der Waals surface area contributed by atoms with Gasteiger partial charge in [-0.25, -0.2) is 8.42 Å². The second kappa shape index (κ2) is 7.46. The molecule has 2 heterocycles. The molecule has 130 valence electrons. The normalized spacial score (nSPS) is 18.5. The molecule has 1 aliphatic heterocycles. The molecule has 0 bridgehead atoms. The van der Waals surface area contributed by atoms with Gasteiger partial charge in [0.2, 0.25) is 10.0 Å². The average molecular weight is 349 g/mol. The van der Waals surface area contributed by atoms with Gasteiger partial charge in [-0.1, -0.05) is 42.4 Å². The zero-order valence-electron chi connectivity index (χ0n) is 13.8. The van der Waals surface area contributed by atoms with E-state index in [2.05, 4.69) is 10.1 Å². The highest BCUT2D eigenvalue weighted by Gasteiger charge is 2.28. The van der Waals surface area contributed by atoms with Crippen LogP contribution in [0.4, 0.5) is 0 Å². The van der Waals surface area contributed by atoms with E-state index in [1.807, 2.05) is 43.3 Å². The molecule has 2 aromatic rings. The van der Waals surface area contributed by atoms with E-state index in [-0.39, 0.29) is 11.7 Å². The molecule has 0 aliphatic carbocycles. The van der Waals surface area contributed by atoms with Gasteiger partial charge in [-0.15, -0.1) is 0 Å². The Balaban J connectivity index is 1.54. The number of hydrogen-bond acceptors (Lipinski definition) is 5. The van der Waals surface area contributed by atoms with Crippen LogP contribution in [0.5, 0.6) is 0 Å². The first-order valence-electron chi connectivity index (χ1n) is 8.19. The molecule has 1 atom stereocenters. The van der Waals surface area contributed by atoms with Gasteiger partial charge in [0.15, 0.2) is 0 Å². The Bertz CT molecular complexity index is 724. The summed E-state index contributed by atoms with van der Waals surface area (Å²) in [5.41, 5.74) is 1.94. The third-order valence-electron chi connectivity index (χ3n) is 4.43. The Labute approximate surface area is 143 Å². The van der Waals surface area contributed by atoms with Crippen molar-refractivity contribution in [2.24, 2.45) is 0 Å². The van der Waals surface area contributed by atoms with Crippen LogP contribution < -0.4 is 0 Å². The minimum Gasteiger partial charge on any atom is -0.364 e. The summed E-state index contributed by atoms with van der Waals surface area (Å²) in [7, 11) is -3.24. The summed E-state index contributed by atoms with van der Waals surface area (Å²) >= 11 is 0. The summed E-state index contributed by atoms with van der Waals surface area (Å²) in [6, 6.07) is 11.6. The van der Waals surface area contributed by atoms with Crippen molar-refractivity contribution in [3.63, 3.8) is 0 Å². The van der Waals surface area contributed by atoms with Gasteiger partial charge < -0.3 is 4.52 Å². The van der Waals surface area contributed by atoms with E-state index >= 15 is 0 Å². The van der Waals surface area contributed by atoms with Gasteiger partial charge in [0.05, 0.1) is 11.4 Å². The molecule has 0 saturated carbocycles. The molecule has 1 saturated heterocycles. The maximum Gasteiger partial charge on any atom is 0.214 e. The standard InChI is InChI=1S/C17H23N3O3S/c1-15(16-5-3-2-4-6-16)14-24(21,22)20-10-8-19(9-11-20)13-17-7-12-23-18-17/h2-7,12,15H,8-11,13-14H2,1H3/t15-/m1/s1. The third kappa shape index (κ3) is 4.23. The Kier molecular flexibility index (Phi) is 5.33. The molecule has 1 fully saturated rings. The Morgan fingerprint density at radius 2 is 1.83 bits per heavy atom. The fourth-order valence-corrected chi connectivity index (χ4v) is 4.77. The Morgan fingerprint density at radius 1 is 1.12 bits per heavy atom. The van der Waals surface area contributed by atoms with Crippen molar-refractivity contribution >= 4 is 10.0 Å². The Hall–Kier alpha value is -1.70. The number of piperazine rings is 1. The molecule has 1 aliphatic rings. The molecule has 3 rings (SSSR count). The zero-order chi connectivity index (χ0) is 17.0. The molecule has 0 spiro atoms. The van der Waals surface area contributed by atoms with Crippen LogP contribution >= 0.6 is 0 Å². The van der Waals surface area contributed by atoms with Crippen LogP contribution in [0.25, 0.3) is 0 Å². The number of nitrogens with zero attached hydrogens (tertiary/aromatic N) is 3. The van der Waals surface area contributed by atoms with Crippen LogP contribution in [0.1, 0.15) is 24.1 Å². The van der Waals surface area contributed by atoms with E-state index in [1.54, 1.807) is 10.6 Å². The van der Waals surface area contributed by atoms with Crippen LogP contribution in [0.2, 0.25) is 0 Å². The largest absolute Gasteiger partial charge is 0.364 e. The van der Waals surface area contributed by atoms with E-state index in [4.69, 9.17) is 4.52 Å². The highest BCUT2D eigenvalue weighted by atomic mass is 32.2. The molecular weight excluding hydrogens is 326 g/mol. The molecule has 0 N–H and O–H groups in total. The summed E-state index contributed by atoms with van der Waals surface area (Å²) in [6.45, 7) is 5.15. The van der Waals surface area contributed by atoms with E-state index in [0.717, 1.165) is 11.3 Å². The predicted molar refractivity (Wildman–Crippen MR) is 92.0 cm³/mol. The number of aromatic nitrogens is 1. The van der Waals surface area contributed by atoms with E-state index in [9.17, 15) is 8.42 Å². The fourth-order valence-electron chi connectivity index (χ4n) is 3.01. The monoisotopic (exact) mass is 349 g/mol. The molecule has 1 aromatic heterocycles. The molecule has 7 heteroatoms. The van der Waals surface area contributed by atoms with Crippen LogP contribution in [-0.4, -0.2) is 54.7 Å². The smallest absolute Gasteiger partial charge is 0.214 e. The van der Waals surface area contributed by atoms with E-state index in [1.165, 1.54) is 0 Å². The summed E-state index contributed by atoms with van der Waals surface area (Å²) in [5.74, 6) is 0.143. The highest BCUT2D eigenvalue weighted by Crippen LogP contribution is 2.20. The van der Waals surface area contributed by atoms with Crippen molar-refractivity contribution < 1.29 is 12.9 Å². The molecule has 0 unspecified atom stereocenters. The lowest BCUT2D eigenvalue weighted by atomic mass is 10.0. The number of sulfonamides is 1. The SMILES string of the molecule is C[C@H](CS(=O)(=O)N1CCN(Cc2ccon2)CC1)c1ccccc1.